The molecular formula is C27H44N4O6. The Labute approximate surface area is 220 Å². The summed E-state index contributed by atoms with van der Waals surface area (Å²) in [4.78, 5) is 66.6. The average Bonchev–Trinajstić information content (AvgIpc) is 3.39. The molecule has 2 bridgehead atoms. The number of rotatable bonds is 10. The monoisotopic (exact) mass is 520 g/mol. The van der Waals surface area contributed by atoms with E-state index in [-0.39, 0.29) is 24.4 Å². The molecular weight excluding hydrogens is 476 g/mol. The van der Waals surface area contributed by atoms with Crippen molar-refractivity contribution >= 4 is 29.6 Å². The third-order valence-electron chi connectivity index (χ3n) is 6.72. The Hall–Kier alpha value is -2.91. The number of carbonyl (C=O) groups is 5. The number of fused-ring (bicyclic) bond motifs is 2. The van der Waals surface area contributed by atoms with Crippen molar-refractivity contribution in [2.45, 2.75) is 110 Å². The molecule has 0 spiro atoms. The summed E-state index contributed by atoms with van der Waals surface area (Å²) in [6.07, 6.45) is 3.88. The van der Waals surface area contributed by atoms with Crippen LogP contribution in [0.25, 0.3) is 0 Å². The van der Waals surface area contributed by atoms with E-state index in [0.29, 0.717) is 19.3 Å². The minimum absolute atomic E-state index is 0.0527. The van der Waals surface area contributed by atoms with E-state index in [1.54, 1.807) is 25.7 Å². The molecule has 2 fully saturated rings. The lowest BCUT2D eigenvalue weighted by molar-refractivity contribution is -0.147. The maximum Gasteiger partial charge on any atom is 0.408 e. The molecule has 0 aromatic rings. The number of carbonyl (C=O) groups excluding carboxylic acids is 5. The molecule has 3 N–H and O–H groups in total. The van der Waals surface area contributed by atoms with Gasteiger partial charge in [0.2, 0.25) is 17.6 Å². The van der Waals surface area contributed by atoms with Crippen molar-refractivity contribution in [3.63, 3.8) is 0 Å². The summed E-state index contributed by atoms with van der Waals surface area (Å²) in [6.45, 7) is 16.3. The largest absolute Gasteiger partial charge is 0.444 e. The summed E-state index contributed by atoms with van der Waals surface area (Å²) in [7, 11) is 0. The quantitative estimate of drug-likeness (QED) is 0.299. The van der Waals surface area contributed by atoms with Crippen LogP contribution in [0.1, 0.15) is 80.6 Å². The van der Waals surface area contributed by atoms with Crippen molar-refractivity contribution in [2.24, 2.45) is 11.3 Å². The smallest absolute Gasteiger partial charge is 0.408 e. The Bertz CT molecular complexity index is 904. The highest BCUT2D eigenvalue weighted by Crippen LogP contribution is 2.43. The lowest BCUT2D eigenvalue weighted by Crippen LogP contribution is -2.62. The SMILES string of the molecule is C=CCNC(=O)C(=O)C(CCC)NC(=O)[C@@H]1C2CCC(C2)N1C(=O)C(NC(=O)OC(C)(C)C)C(C)(C)C. The molecule has 1 aliphatic heterocycles. The van der Waals surface area contributed by atoms with Crippen molar-refractivity contribution in [1.29, 1.82) is 0 Å². The average molecular weight is 521 g/mol. The molecule has 0 radical (unpaired) electrons. The molecule has 10 nitrogen and oxygen atoms in total. The molecule has 4 amide bonds. The van der Waals surface area contributed by atoms with Crippen molar-refractivity contribution < 1.29 is 28.7 Å². The first-order valence-electron chi connectivity index (χ1n) is 13.2. The summed E-state index contributed by atoms with van der Waals surface area (Å²) < 4.78 is 5.39. The van der Waals surface area contributed by atoms with E-state index in [4.69, 9.17) is 4.74 Å². The molecule has 1 heterocycles. The summed E-state index contributed by atoms with van der Waals surface area (Å²) in [5.41, 5.74) is -1.38. The topological polar surface area (TPSA) is 134 Å². The van der Waals surface area contributed by atoms with Gasteiger partial charge in [-0.2, -0.15) is 0 Å². The first kappa shape index (κ1) is 30.3. The van der Waals surface area contributed by atoms with Crippen LogP contribution in [0.3, 0.4) is 0 Å². The van der Waals surface area contributed by atoms with E-state index >= 15 is 0 Å². The number of ether oxygens (including phenoxy) is 1. The molecule has 5 atom stereocenters. The zero-order chi connectivity index (χ0) is 28.1. The van der Waals surface area contributed by atoms with Gasteiger partial charge in [0.1, 0.15) is 17.7 Å². The number of hydrogen-bond acceptors (Lipinski definition) is 6. The van der Waals surface area contributed by atoms with E-state index in [0.717, 1.165) is 12.8 Å². The normalized spacial score (nSPS) is 22.6. The highest BCUT2D eigenvalue weighted by molar-refractivity contribution is 6.38. The number of nitrogens with one attached hydrogen (secondary N) is 3. The second kappa shape index (κ2) is 12.1. The van der Waals surface area contributed by atoms with Crippen molar-refractivity contribution in [3.8, 4) is 0 Å². The van der Waals surface area contributed by atoms with Gasteiger partial charge in [0, 0.05) is 12.6 Å². The molecule has 0 aromatic carbocycles. The Balaban J connectivity index is 2.26. The van der Waals surface area contributed by atoms with Crippen molar-refractivity contribution in [3.05, 3.63) is 12.7 Å². The van der Waals surface area contributed by atoms with Gasteiger partial charge < -0.3 is 25.6 Å². The van der Waals surface area contributed by atoms with Gasteiger partial charge in [-0.15, -0.1) is 6.58 Å². The fourth-order valence-electron chi connectivity index (χ4n) is 5.09. The highest BCUT2D eigenvalue weighted by Gasteiger charge is 2.54. The first-order valence-corrected chi connectivity index (χ1v) is 13.2. The predicted molar refractivity (Wildman–Crippen MR) is 139 cm³/mol. The van der Waals surface area contributed by atoms with E-state index in [9.17, 15) is 24.0 Å². The minimum Gasteiger partial charge on any atom is -0.444 e. The third-order valence-corrected chi connectivity index (χ3v) is 6.72. The van der Waals surface area contributed by atoms with Crippen LogP contribution in [0.2, 0.25) is 0 Å². The van der Waals surface area contributed by atoms with Crippen LogP contribution in [-0.4, -0.2) is 70.8 Å². The van der Waals surface area contributed by atoms with E-state index < -0.39 is 52.8 Å². The number of nitrogens with zero attached hydrogens (tertiary/aromatic N) is 1. The van der Waals surface area contributed by atoms with Gasteiger partial charge in [-0.05, 0) is 57.8 Å². The molecule has 4 unspecified atom stereocenters. The number of amides is 4. The Morgan fingerprint density at radius 2 is 1.70 bits per heavy atom. The Morgan fingerprint density at radius 3 is 2.24 bits per heavy atom. The number of hydrogen-bond donors (Lipinski definition) is 3. The van der Waals surface area contributed by atoms with Gasteiger partial charge >= 0.3 is 6.09 Å². The maximum atomic E-state index is 13.9. The van der Waals surface area contributed by atoms with Crippen LogP contribution in [0.4, 0.5) is 4.79 Å². The van der Waals surface area contributed by atoms with Gasteiger partial charge in [0.25, 0.3) is 5.91 Å². The molecule has 1 aliphatic carbocycles. The number of ketones is 1. The Kier molecular flexibility index (Phi) is 9.91. The highest BCUT2D eigenvalue weighted by atomic mass is 16.6. The molecule has 10 heteroatoms. The number of likely N-dealkylation sites (tertiary alicyclic amines) is 1. The molecule has 0 aromatic heterocycles. The number of alkyl carbamates (subject to hydrolysis) is 1. The summed E-state index contributed by atoms with van der Waals surface area (Å²) in [6, 6.07) is -2.82. The molecule has 2 rings (SSSR count). The number of Topliss-reactive ketones (excluding diaryl/α,β-unsaturated/α-hetero) is 1. The van der Waals surface area contributed by atoms with Gasteiger partial charge in [-0.3, -0.25) is 19.2 Å². The standard InChI is InChI=1S/C27H44N4O6/c1-9-11-18(20(32)23(34)28-14-10-2)29-22(33)19-16-12-13-17(15-16)31(19)24(35)21(26(3,4)5)30-25(36)37-27(6,7)8/h10,16-19,21H,2,9,11-15H2,1,3-8H3,(H,28,34)(H,29,33)(H,30,36)/t16?,17?,18?,19-,21?/m0/s1. The third kappa shape index (κ3) is 7.79. The van der Waals surface area contributed by atoms with Crippen LogP contribution < -0.4 is 16.0 Å². The molecule has 2 aliphatic rings. The van der Waals surface area contributed by atoms with Crippen molar-refractivity contribution in [1.82, 2.24) is 20.9 Å². The summed E-state index contributed by atoms with van der Waals surface area (Å²) in [5, 5.41) is 7.94. The minimum atomic E-state index is -0.989. The molecule has 1 saturated heterocycles. The zero-order valence-corrected chi connectivity index (χ0v) is 23.3. The first-order chi connectivity index (χ1) is 17.1. The fourth-order valence-corrected chi connectivity index (χ4v) is 5.09. The predicted octanol–water partition coefficient (Wildman–Crippen LogP) is 2.46. The molecule has 1 saturated carbocycles. The summed E-state index contributed by atoms with van der Waals surface area (Å²) >= 11 is 0. The fraction of sp³-hybridized carbons (Fsp3) is 0.741. The van der Waals surface area contributed by atoms with Crippen molar-refractivity contribution in [2.75, 3.05) is 6.54 Å². The van der Waals surface area contributed by atoms with E-state index in [1.165, 1.54) is 6.08 Å². The van der Waals surface area contributed by atoms with E-state index in [1.807, 2.05) is 27.7 Å². The maximum absolute atomic E-state index is 13.9. The second-order valence-electron chi connectivity index (χ2n) is 12.1. The van der Waals surface area contributed by atoms with Crippen LogP contribution in [0.15, 0.2) is 12.7 Å². The van der Waals surface area contributed by atoms with E-state index in [2.05, 4.69) is 22.5 Å². The van der Waals surface area contributed by atoms with Crippen LogP contribution in [0.5, 0.6) is 0 Å². The van der Waals surface area contributed by atoms with Gasteiger partial charge in [0.15, 0.2) is 0 Å². The van der Waals surface area contributed by atoms with Gasteiger partial charge in [-0.25, -0.2) is 4.79 Å². The van der Waals surface area contributed by atoms with Gasteiger partial charge in [-0.1, -0.05) is 40.2 Å². The molecule has 37 heavy (non-hydrogen) atoms. The zero-order valence-electron chi connectivity index (χ0n) is 23.3. The van der Waals surface area contributed by atoms with Crippen LogP contribution in [-0.2, 0) is 23.9 Å². The van der Waals surface area contributed by atoms with Crippen LogP contribution in [0, 0.1) is 11.3 Å². The van der Waals surface area contributed by atoms with Gasteiger partial charge in [0.05, 0.1) is 6.04 Å². The molecule has 208 valence electrons. The lowest BCUT2D eigenvalue weighted by Gasteiger charge is -2.40. The number of piperidine rings is 1. The second-order valence-corrected chi connectivity index (χ2v) is 12.1. The Morgan fingerprint density at radius 1 is 1.05 bits per heavy atom. The summed E-state index contributed by atoms with van der Waals surface area (Å²) in [5.74, 6) is -2.37. The van der Waals surface area contributed by atoms with Crippen LogP contribution >= 0.6 is 0 Å². The lowest BCUT2D eigenvalue weighted by atomic mass is 9.85.